The molecule has 1 fully saturated rings. The van der Waals surface area contributed by atoms with Crippen molar-refractivity contribution in [3.8, 4) is 11.1 Å². The third-order valence-corrected chi connectivity index (χ3v) is 6.10. The summed E-state index contributed by atoms with van der Waals surface area (Å²) in [5.41, 5.74) is 3.26. The second-order valence-corrected chi connectivity index (χ2v) is 8.23. The van der Waals surface area contributed by atoms with E-state index in [0.717, 1.165) is 11.1 Å². The SMILES string of the molecule is Cc1ccc(-c2ccc(S(=O)(=O)NC3CCC(O)CC3)cc2)cc1. The molecule has 0 heterocycles. The molecule has 24 heavy (non-hydrogen) atoms. The van der Waals surface area contributed by atoms with Gasteiger partial charge in [-0.25, -0.2) is 13.1 Å². The monoisotopic (exact) mass is 345 g/mol. The summed E-state index contributed by atoms with van der Waals surface area (Å²) >= 11 is 0. The van der Waals surface area contributed by atoms with Crippen molar-refractivity contribution < 1.29 is 13.5 Å². The summed E-state index contributed by atoms with van der Waals surface area (Å²) in [5.74, 6) is 0. The molecule has 0 bridgehead atoms. The van der Waals surface area contributed by atoms with Crippen molar-refractivity contribution >= 4 is 10.0 Å². The lowest BCUT2D eigenvalue weighted by molar-refractivity contribution is 0.120. The summed E-state index contributed by atoms with van der Waals surface area (Å²) in [7, 11) is -3.51. The van der Waals surface area contributed by atoms with Crippen molar-refractivity contribution in [3.63, 3.8) is 0 Å². The highest BCUT2D eigenvalue weighted by molar-refractivity contribution is 7.89. The van der Waals surface area contributed by atoms with Gasteiger partial charge in [0, 0.05) is 6.04 Å². The molecule has 0 amide bonds. The topological polar surface area (TPSA) is 66.4 Å². The summed E-state index contributed by atoms with van der Waals surface area (Å²) in [6.45, 7) is 2.04. The van der Waals surface area contributed by atoms with E-state index in [1.807, 2.05) is 43.3 Å². The van der Waals surface area contributed by atoms with E-state index in [0.29, 0.717) is 25.7 Å². The van der Waals surface area contributed by atoms with E-state index in [1.54, 1.807) is 12.1 Å². The average molecular weight is 345 g/mol. The molecule has 5 heteroatoms. The van der Waals surface area contributed by atoms with E-state index in [9.17, 15) is 13.5 Å². The van der Waals surface area contributed by atoms with Gasteiger partial charge in [0.05, 0.1) is 11.0 Å². The van der Waals surface area contributed by atoms with Crippen LogP contribution in [0.5, 0.6) is 0 Å². The van der Waals surface area contributed by atoms with Crippen LogP contribution in [-0.2, 0) is 10.0 Å². The fourth-order valence-electron chi connectivity index (χ4n) is 3.05. The molecule has 128 valence electrons. The number of hydrogen-bond donors (Lipinski definition) is 2. The fourth-order valence-corrected chi connectivity index (χ4v) is 4.36. The van der Waals surface area contributed by atoms with Crippen LogP contribution in [0.15, 0.2) is 53.4 Å². The second-order valence-electron chi connectivity index (χ2n) is 6.52. The minimum Gasteiger partial charge on any atom is -0.393 e. The van der Waals surface area contributed by atoms with E-state index in [-0.39, 0.29) is 17.0 Å². The Balaban J connectivity index is 1.73. The molecule has 0 radical (unpaired) electrons. The Hall–Kier alpha value is -1.69. The van der Waals surface area contributed by atoms with Crippen LogP contribution in [0.3, 0.4) is 0 Å². The standard InChI is InChI=1S/C19H23NO3S/c1-14-2-4-15(5-3-14)16-6-12-19(13-7-16)24(22,23)20-17-8-10-18(21)11-9-17/h2-7,12-13,17-18,20-21H,8-11H2,1H3. The normalized spacial score (nSPS) is 21.6. The molecule has 2 aromatic rings. The molecule has 4 nitrogen and oxygen atoms in total. The van der Waals surface area contributed by atoms with Gasteiger partial charge in [-0.2, -0.15) is 0 Å². The molecule has 0 saturated heterocycles. The molecular weight excluding hydrogens is 322 g/mol. The number of rotatable bonds is 4. The first-order chi connectivity index (χ1) is 11.4. The largest absolute Gasteiger partial charge is 0.393 e. The Morgan fingerprint density at radius 2 is 1.38 bits per heavy atom. The van der Waals surface area contributed by atoms with Gasteiger partial charge in [-0.3, -0.25) is 0 Å². The van der Waals surface area contributed by atoms with Gasteiger partial charge in [0.1, 0.15) is 0 Å². The van der Waals surface area contributed by atoms with Gasteiger partial charge in [-0.1, -0.05) is 42.0 Å². The Morgan fingerprint density at radius 1 is 0.875 bits per heavy atom. The molecule has 3 rings (SSSR count). The van der Waals surface area contributed by atoms with Gasteiger partial charge in [-0.15, -0.1) is 0 Å². The van der Waals surface area contributed by atoms with Crippen LogP contribution in [0.25, 0.3) is 11.1 Å². The molecule has 1 aliphatic carbocycles. The summed E-state index contributed by atoms with van der Waals surface area (Å²) in [5, 5.41) is 9.52. The summed E-state index contributed by atoms with van der Waals surface area (Å²) in [6, 6.07) is 15.0. The smallest absolute Gasteiger partial charge is 0.240 e. The first kappa shape index (κ1) is 17.1. The highest BCUT2D eigenvalue weighted by Gasteiger charge is 2.24. The molecule has 1 aliphatic rings. The van der Waals surface area contributed by atoms with E-state index in [2.05, 4.69) is 4.72 Å². The molecule has 0 aromatic heterocycles. The molecule has 2 N–H and O–H groups in total. The first-order valence-corrected chi connectivity index (χ1v) is 9.80. The maximum atomic E-state index is 12.5. The zero-order chi connectivity index (χ0) is 17.2. The van der Waals surface area contributed by atoms with E-state index in [4.69, 9.17) is 0 Å². The first-order valence-electron chi connectivity index (χ1n) is 8.31. The van der Waals surface area contributed by atoms with Crippen molar-refractivity contribution in [2.75, 3.05) is 0 Å². The van der Waals surface area contributed by atoms with E-state index >= 15 is 0 Å². The molecule has 0 atom stereocenters. The van der Waals surface area contributed by atoms with Crippen molar-refractivity contribution in [1.29, 1.82) is 0 Å². The minimum atomic E-state index is -3.51. The molecule has 0 aliphatic heterocycles. The van der Waals surface area contributed by atoms with Crippen LogP contribution < -0.4 is 4.72 Å². The number of benzene rings is 2. The molecule has 2 aromatic carbocycles. The fraction of sp³-hybridized carbons (Fsp3) is 0.368. The maximum absolute atomic E-state index is 12.5. The van der Waals surface area contributed by atoms with E-state index in [1.165, 1.54) is 5.56 Å². The summed E-state index contributed by atoms with van der Waals surface area (Å²) in [4.78, 5) is 0.282. The van der Waals surface area contributed by atoms with Crippen LogP contribution in [0.1, 0.15) is 31.2 Å². The lowest BCUT2D eigenvalue weighted by atomic mass is 9.94. The zero-order valence-corrected chi connectivity index (χ0v) is 14.6. The lowest BCUT2D eigenvalue weighted by Gasteiger charge is -2.26. The number of hydrogen-bond acceptors (Lipinski definition) is 3. The Morgan fingerprint density at radius 3 is 1.92 bits per heavy atom. The predicted octanol–water partition coefficient (Wildman–Crippen LogP) is 3.24. The number of nitrogens with one attached hydrogen (secondary N) is 1. The van der Waals surface area contributed by atoms with Crippen LogP contribution in [0.2, 0.25) is 0 Å². The Bertz CT molecular complexity index is 774. The minimum absolute atomic E-state index is 0.0878. The lowest BCUT2D eigenvalue weighted by Crippen LogP contribution is -2.38. The Labute approximate surface area is 143 Å². The molecule has 1 saturated carbocycles. The highest BCUT2D eigenvalue weighted by Crippen LogP contribution is 2.23. The molecule has 0 unspecified atom stereocenters. The van der Waals surface area contributed by atoms with Crippen molar-refractivity contribution in [2.24, 2.45) is 0 Å². The summed E-state index contributed by atoms with van der Waals surface area (Å²) in [6.07, 6.45) is 2.38. The average Bonchev–Trinajstić information content (AvgIpc) is 2.58. The van der Waals surface area contributed by atoms with Gasteiger partial charge < -0.3 is 5.11 Å². The van der Waals surface area contributed by atoms with Crippen molar-refractivity contribution in [3.05, 3.63) is 54.1 Å². The van der Waals surface area contributed by atoms with Crippen molar-refractivity contribution in [1.82, 2.24) is 4.72 Å². The molecular formula is C19H23NO3S. The van der Waals surface area contributed by atoms with Gasteiger partial charge in [-0.05, 0) is 55.9 Å². The van der Waals surface area contributed by atoms with Gasteiger partial charge in [0.15, 0.2) is 0 Å². The van der Waals surface area contributed by atoms with Gasteiger partial charge in [0.2, 0.25) is 10.0 Å². The number of aliphatic hydroxyl groups excluding tert-OH is 1. The second kappa shape index (κ2) is 7.05. The van der Waals surface area contributed by atoms with E-state index < -0.39 is 10.0 Å². The van der Waals surface area contributed by atoms with Crippen molar-refractivity contribution in [2.45, 2.75) is 49.6 Å². The van der Waals surface area contributed by atoms with Crippen LogP contribution in [-0.4, -0.2) is 25.7 Å². The third-order valence-electron chi connectivity index (χ3n) is 4.57. The van der Waals surface area contributed by atoms with Crippen LogP contribution >= 0.6 is 0 Å². The Kier molecular flexibility index (Phi) is 5.04. The summed E-state index contributed by atoms with van der Waals surface area (Å²) < 4.78 is 27.8. The number of aryl methyl sites for hydroxylation is 1. The van der Waals surface area contributed by atoms with Gasteiger partial charge >= 0.3 is 0 Å². The zero-order valence-electron chi connectivity index (χ0n) is 13.8. The van der Waals surface area contributed by atoms with Crippen LogP contribution in [0, 0.1) is 6.92 Å². The third kappa shape index (κ3) is 4.04. The quantitative estimate of drug-likeness (QED) is 0.894. The predicted molar refractivity (Wildman–Crippen MR) is 95.2 cm³/mol. The number of aliphatic hydroxyl groups is 1. The van der Waals surface area contributed by atoms with Gasteiger partial charge in [0.25, 0.3) is 0 Å². The highest BCUT2D eigenvalue weighted by atomic mass is 32.2. The number of sulfonamides is 1. The van der Waals surface area contributed by atoms with Crippen LogP contribution in [0.4, 0.5) is 0 Å². The maximum Gasteiger partial charge on any atom is 0.240 e. The molecule has 0 spiro atoms.